The van der Waals surface area contributed by atoms with Crippen LogP contribution < -0.4 is 24.0 Å². The number of thiazole rings is 1. The standard InChI is InChI=1S/C23H20N4O8S/c1-31-14-5-6-15-19(11-14)36-23(25-15)26(22(28)16-7-8-20(35-16)27(29)30)24-12-13-9-17(32-2)21(34-4)18(10-13)33-3/h5-12H,1-4H3/b24-12+. The molecule has 0 fully saturated rings. The summed E-state index contributed by atoms with van der Waals surface area (Å²) in [7, 11) is 5.99. The van der Waals surface area contributed by atoms with Gasteiger partial charge in [-0.15, -0.1) is 0 Å². The van der Waals surface area contributed by atoms with Crippen LogP contribution in [0.1, 0.15) is 16.1 Å². The highest BCUT2D eigenvalue weighted by Crippen LogP contribution is 2.38. The molecule has 12 nitrogen and oxygen atoms in total. The summed E-state index contributed by atoms with van der Waals surface area (Å²) >= 11 is 1.18. The fourth-order valence-corrected chi connectivity index (χ4v) is 4.20. The van der Waals surface area contributed by atoms with Crippen LogP contribution in [0.4, 0.5) is 11.0 Å². The quantitative estimate of drug-likeness (QED) is 0.180. The normalized spacial score (nSPS) is 11.0. The van der Waals surface area contributed by atoms with Crippen molar-refractivity contribution in [2.75, 3.05) is 33.4 Å². The molecule has 36 heavy (non-hydrogen) atoms. The first kappa shape index (κ1) is 24.5. The fraction of sp³-hybridized carbons (Fsp3) is 0.174. The fourth-order valence-electron chi connectivity index (χ4n) is 3.24. The molecule has 0 atom stereocenters. The van der Waals surface area contributed by atoms with Crippen LogP contribution in [0.3, 0.4) is 0 Å². The van der Waals surface area contributed by atoms with Crippen LogP contribution in [-0.4, -0.2) is 50.5 Å². The molecule has 0 aliphatic rings. The van der Waals surface area contributed by atoms with Crippen molar-refractivity contribution in [2.45, 2.75) is 0 Å². The van der Waals surface area contributed by atoms with Crippen molar-refractivity contribution in [3.8, 4) is 23.0 Å². The summed E-state index contributed by atoms with van der Waals surface area (Å²) < 4.78 is 27.2. The van der Waals surface area contributed by atoms with Crippen molar-refractivity contribution < 1.29 is 33.1 Å². The van der Waals surface area contributed by atoms with Crippen molar-refractivity contribution in [2.24, 2.45) is 5.10 Å². The second kappa shape index (κ2) is 10.3. The van der Waals surface area contributed by atoms with Crippen LogP contribution in [0, 0.1) is 10.1 Å². The molecule has 0 spiro atoms. The number of hydrogen-bond donors (Lipinski definition) is 0. The maximum atomic E-state index is 13.3. The number of carbonyl (C=O) groups is 1. The maximum Gasteiger partial charge on any atom is 0.433 e. The second-order valence-electron chi connectivity index (χ2n) is 7.05. The van der Waals surface area contributed by atoms with Gasteiger partial charge in [-0.1, -0.05) is 11.3 Å². The molecule has 4 aromatic rings. The zero-order valence-corrected chi connectivity index (χ0v) is 20.4. The highest BCUT2D eigenvalue weighted by molar-refractivity contribution is 7.22. The van der Waals surface area contributed by atoms with Gasteiger partial charge in [0.15, 0.2) is 11.5 Å². The lowest BCUT2D eigenvalue weighted by Crippen LogP contribution is -2.25. The number of aromatic nitrogens is 1. The number of hydrogen-bond acceptors (Lipinski definition) is 11. The highest BCUT2D eigenvalue weighted by atomic mass is 32.1. The molecule has 0 saturated carbocycles. The third-order valence-electron chi connectivity index (χ3n) is 4.95. The van der Waals surface area contributed by atoms with Gasteiger partial charge in [0.05, 0.1) is 50.9 Å². The summed E-state index contributed by atoms with van der Waals surface area (Å²) in [6.07, 6.45) is 1.40. The highest BCUT2D eigenvalue weighted by Gasteiger charge is 2.26. The lowest BCUT2D eigenvalue weighted by atomic mass is 10.2. The minimum Gasteiger partial charge on any atom is -0.497 e. The van der Waals surface area contributed by atoms with Crippen molar-refractivity contribution in [3.63, 3.8) is 0 Å². The SMILES string of the molecule is COc1ccc2nc(N(/N=C/c3cc(OC)c(OC)c(OC)c3)C(=O)c3ccc([N+](=O)[O-])o3)sc2c1. The topological polar surface area (TPSA) is 139 Å². The van der Waals surface area contributed by atoms with Crippen molar-refractivity contribution in [1.29, 1.82) is 0 Å². The van der Waals surface area contributed by atoms with Gasteiger partial charge in [0, 0.05) is 5.56 Å². The predicted octanol–water partition coefficient (Wildman–Crippen LogP) is 4.51. The third-order valence-corrected chi connectivity index (χ3v) is 5.94. The number of benzene rings is 2. The number of nitro groups is 1. The minimum atomic E-state index is -0.752. The number of carbonyl (C=O) groups excluding carboxylic acids is 1. The first-order chi connectivity index (χ1) is 17.4. The van der Waals surface area contributed by atoms with E-state index in [2.05, 4.69) is 10.1 Å². The van der Waals surface area contributed by atoms with Crippen LogP contribution in [0.25, 0.3) is 10.2 Å². The van der Waals surface area contributed by atoms with Crippen LogP contribution in [0.2, 0.25) is 0 Å². The summed E-state index contributed by atoms with van der Waals surface area (Å²) in [6.45, 7) is 0. The number of anilines is 1. The Kier molecular flexibility index (Phi) is 7.01. The van der Waals surface area contributed by atoms with E-state index in [0.29, 0.717) is 34.1 Å². The van der Waals surface area contributed by atoms with E-state index in [4.69, 9.17) is 23.4 Å². The number of methoxy groups -OCH3 is 4. The van der Waals surface area contributed by atoms with Crippen LogP contribution in [-0.2, 0) is 0 Å². The Balaban J connectivity index is 1.78. The van der Waals surface area contributed by atoms with E-state index in [1.807, 2.05) is 0 Å². The molecule has 0 N–H and O–H groups in total. The van der Waals surface area contributed by atoms with E-state index in [1.165, 1.54) is 44.9 Å². The number of hydrazone groups is 1. The second-order valence-corrected chi connectivity index (χ2v) is 8.05. The van der Waals surface area contributed by atoms with Crippen LogP contribution in [0.5, 0.6) is 23.0 Å². The number of ether oxygens (including phenoxy) is 4. The molecule has 0 bridgehead atoms. The molecule has 186 valence electrons. The monoisotopic (exact) mass is 512 g/mol. The molecule has 0 aliphatic heterocycles. The van der Waals surface area contributed by atoms with Gasteiger partial charge < -0.3 is 23.4 Å². The summed E-state index contributed by atoms with van der Waals surface area (Å²) in [5.41, 5.74) is 1.14. The third kappa shape index (κ3) is 4.77. The predicted molar refractivity (Wildman–Crippen MR) is 132 cm³/mol. The van der Waals surface area contributed by atoms with Gasteiger partial charge in [-0.2, -0.15) is 10.1 Å². The van der Waals surface area contributed by atoms with Gasteiger partial charge in [-0.25, -0.2) is 4.98 Å². The van der Waals surface area contributed by atoms with E-state index in [9.17, 15) is 14.9 Å². The maximum absolute atomic E-state index is 13.3. The number of furan rings is 1. The molecule has 0 unspecified atom stereocenters. The van der Waals surface area contributed by atoms with E-state index in [0.717, 1.165) is 15.8 Å². The number of nitrogens with zero attached hydrogens (tertiary/aromatic N) is 4. The van der Waals surface area contributed by atoms with Crippen molar-refractivity contribution in [3.05, 3.63) is 63.9 Å². The Morgan fingerprint density at radius 3 is 2.36 bits per heavy atom. The van der Waals surface area contributed by atoms with Gasteiger partial charge in [0.2, 0.25) is 16.6 Å². The molecule has 13 heteroatoms. The molecule has 1 amide bonds. The van der Waals surface area contributed by atoms with Gasteiger partial charge in [-0.3, -0.25) is 14.9 Å². The van der Waals surface area contributed by atoms with Gasteiger partial charge in [-0.05, 0) is 36.4 Å². The minimum absolute atomic E-state index is 0.214. The van der Waals surface area contributed by atoms with Crippen molar-refractivity contribution in [1.82, 2.24) is 4.98 Å². The number of amides is 1. The summed E-state index contributed by atoms with van der Waals surface area (Å²) in [5.74, 6) is 0.209. The molecule has 2 aromatic carbocycles. The zero-order chi connectivity index (χ0) is 25.8. The average molecular weight is 513 g/mol. The van der Waals surface area contributed by atoms with E-state index in [1.54, 1.807) is 37.4 Å². The van der Waals surface area contributed by atoms with Gasteiger partial charge >= 0.3 is 11.8 Å². The Bertz CT molecular complexity index is 1440. The molecule has 2 aromatic heterocycles. The lowest BCUT2D eigenvalue weighted by molar-refractivity contribution is -0.402. The van der Waals surface area contributed by atoms with E-state index >= 15 is 0 Å². The average Bonchev–Trinajstić information content (AvgIpc) is 3.55. The number of fused-ring (bicyclic) bond motifs is 1. The molecule has 4 rings (SSSR count). The smallest absolute Gasteiger partial charge is 0.433 e. The first-order valence-electron chi connectivity index (χ1n) is 10.3. The summed E-state index contributed by atoms with van der Waals surface area (Å²) in [4.78, 5) is 28.1. The molecule has 0 saturated heterocycles. The van der Waals surface area contributed by atoms with Gasteiger partial charge in [0.25, 0.3) is 0 Å². The van der Waals surface area contributed by atoms with Gasteiger partial charge in [0.1, 0.15) is 10.7 Å². The van der Waals surface area contributed by atoms with Crippen LogP contribution >= 0.6 is 11.3 Å². The zero-order valence-electron chi connectivity index (χ0n) is 19.6. The Morgan fingerprint density at radius 2 is 1.78 bits per heavy atom. The Hall–Kier alpha value is -4.65. The summed E-state index contributed by atoms with van der Waals surface area (Å²) in [5, 5.41) is 16.6. The molecule has 0 aliphatic carbocycles. The summed E-state index contributed by atoms with van der Waals surface area (Å²) in [6, 6.07) is 10.9. The Labute approximate surface area is 208 Å². The Morgan fingerprint density at radius 1 is 1.06 bits per heavy atom. The van der Waals surface area contributed by atoms with Crippen LogP contribution in [0.15, 0.2) is 52.0 Å². The number of rotatable bonds is 9. The molecule has 0 radical (unpaired) electrons. The largest absolute Gasteiger partial charge is 0.497 e. The lowest BCUT2D eigenvalue weighted by Gasteiger charge is -2.14. The van der Waals surface area contributed by atoms with E-state index in [-0.39, 0.29) is 10.9 Å². The first-order valence-corrected chi connectivity index (χ1v) is 11.1. The molecule has 2 heterocycles. The molecular weight excluding hydrogens is 492 g/mol. The van der Waals surface area contributed by atoms with Crippen molar-refractivity contribution >= 4 is 44.7 Å². The van der Waals surface area contributed by atoms with E-state index < -0.39 is 16.7 Å². The molecular formula is C23H20N4O8S.